The molecule has 1 saturated heterocycles. The number of aliphatic hydroxyl groups is 6. The molecule has 0 aromatic heterocycles. The van der Waals surface area contributed by atoms with Gasteiger partial charge >= 0.3 is 0 Å². The third-order valence-corrected chi connectivity index (χ3v) is 17.8. The van der Waals surface area contributed by atoms with Crippen LogP contribution in [0.1, 0.15) is 122 Å². The van der Waals surface area contributed by atoms with Crippen LogP contribution in [0.2, 0.25) is 0 Å². The fourth-order valence-corrected chi connectivity index (χ4v) is 15.7. The number of rotatable bonds is 2. The highest BCUT2D eigenvalue weighted by Crippen LogP contribution is 2.79. The minimum atomic E-state index is -1.65. The number of aliphatic hydroxyl groups excluding tert-OH is 3. The summed E-state index contributed by atoms with van der Waals surface area (Å²) in [5.74, 6) is -3.07. The van der Waals surface area contributed by atoms with Gasteiger partial charge in [-0.2, -0.15) is 0 Å². The molecule has 15 atom stereocenters. The van der Waals surface area contributed by atoms with E-state index in [1.54, 1.807) is 6.08 Å². The summed E-state index contributed by atoms with van der Waals surface area (Å²) in [6.07, 6.45) is 5.79. The average molecular weight is 737 g/mol. The number of hydrogen-bond donors (Lipinski definition) is 8. The van der Waals surface area contributed by atoms with E-state index >= 15 is 4.79 Å². The maximum Gasteiger partial charge on any atom is 0.160 e. The Morgan fingerprint density at radius 1 is 0.925 bits per heavy atom. The lowest BCUT2D eigenvalue weighted by Crippen LogP contribution is -2.71. The number of carbonyl (C=O) groups is 1. The van der Waals surface area contributed by atoms with E-state index < -0.39 is 74.7 Å². The molecule has 8 aliphatic rings. The zero-order valence-corrected chi connectivity index (χ0v) is 31.7. The van der Waals surface area contributed by atoms with Crippen LogP contribution in [-0.4, -0.2) is 94.0 Å². The lowest BCUT2D eigenvalue weighted by Gasteiger charge is -2.69. The molecule has 10 heteroatoms. The molecule has 5 saturated carbocycles. The first kappa shape index (κ1) is 36.6. The Bertz CT molecular complexity index is 1750. The van der Waals surface area contributed by atoms with Crippen LogP contribution >= 0.6 is 0 Å². The molecule has 7 aliphatic carbocycles. The highest BCUT2D eigenvalue weighted by Gasteiger charge is 2.82. The fourth-order valence-electron chi connectivity index (χ4n) is 15.7. The number of hydrogen-bond acceptors (Lipinski definition) is 10. The molecule has 0 amide bonds. The standard InChI is InChI=1S/C43H60O10/c1-22-8-7-12-43(36(49)23(22)2)41(51,14-15-44)35-30(53-43)19-42(52)27-18-29(47)33-32-26-16-24(45)17-28(46)25(26)9-13-40(32,50)31(48)20-37(33,3)34(27)39(10-5-6-11-39)21-38(35,42)4/h16-18,22-23,30-36,44-46,48-52H,5-15,19-21H2,1-4H3. The molecular formula is C43H60O10. The fraction of sp³-hybridized carbons (Fsp3) is 0.791. The van der Waals surface area contributed by atoms with Crippen molar-refractivity contribution in [3.05, 3.63) is 34.9 Å². The van der Waals surface area contributed by atoms with Gasteiger partial charge in [-0.1, -0.05) is 53.4 Å². The third kappa shape index (κ3) is 4.22. The first-order chi connectivity index (χ1) is 24.9. The minimum absolute atomic E-state index is 0.00223. The highest BCUT2D eigenvalue weighted by atomic mass is 16.6. The molecule has 2 spiro atoms. The Hall–Kier alpha value is -2.05. The molecule has 0 bridgehead atoms. The summed E-state index contributed by atoms with van der Waals surface area (Å²) in [7, 11) is 0. The lowest BCUT2D eigenvalue weighted by atomic mass is 9.36. The van der Waals surface area contributed by atoms with Crippen molar-refractivity contribution in [2.75, 3.05) is 6.61 Å². The Labute approximate surface area is 312 Å². The van der Waals surface area contributed by atoms with Gasteiger partial charge in [0.05, 0.1) is 29.5 Å². The van der Waals surface area contributed by atoms with E-state index in [0.717, 1.165) is 38.5 Å². The zero-order chi connectivity index (χ0) is 37.9. The molecule has 53 heavy (non-hydrogen) atoms. The summed E-state index contributed by atoms with van der Waals surface area (Å²) >= 11 is 0. The summed E-state index contributed by atoms with van der Waals surface area (Å²) in [5, 5.41) is 95.5. The monoisotopic (exact) mass is 736 g/mol. The maximum atomic E-state index is 15.0. The average Bonchev–Trinajstić information content (AvgIpc) is 3.67. The van der Waals surface area contributed by atoms with Gasteiger partial charge in [-0.15, -0.1) is 0 Å². The molecule has 8 N–H and O–H groups in total. The highest BCUT2D eigenvalue weighted by molar-refractivity contribution is 5.96. The molecule has 6 fully saturated rings. The Morgan fingerprint density at radius 3 is 2.34 bits per heavy atom. The Kier molecular flexibility index (Phi) is 7.79. The SMILES string of the molecule is CC1CCCC2(OC3CC4(O)C5=CC(=O)C6C7c8cc(O)cc(O)c8CCC7(O)C(O)CC6(C)C5C5(CCCC5)CC4(C)C3C2(O)CCO)C(O)C1C. The second-order valence-corrected chi connectivity index (χ2v) is 20.0. The number of ether oxygens (including phenoxy) is 1. The van der Waals surface area contributed by atoms with Crippen molar-refractivity contribution >= 4 is 5.78 Å². The van der Waals surface area contributed by atoms with Gasteiger partial charge in [0.2, 0.25) is 0 Å². The van der Waals surface area contributed by atoms with Crippen molar-refractivity contribution in [2.24, 2.45) is 45.8 Å². The van der Waals surface area contributed by atoms with E-state index in [2.05, 4.69) is 6.92 Å². The predicted molar refractivity (Wildman–Crippen MR) is 194 cm³/mol. The van der Waals surface area contributed by atoms with Crippen molar-refractivity contribution in [1.29, 1.82) is 0 Å². The summed E-state index contributed by atoms with van der Waals surface area (Å²) < 4.78 is 7.06. The van der Waals surface area contributed by atoms with Crippen molar-refractivity contribution in [3.63, 3.8) is 0 Å². The molecule has 1 aliphatic heterocycles. The van der Waals surface area contributed by atoms with Crippen LogP contribution < -0.4 is 0 Å². The van der Waals surface area contributed by atoms with Crippen molar-refractivity contribution in [1.82, 2.24) is 0 Å². The van der Waals surface area contributed by atoms with Gasteiger partial charge < -0.3 is 45.6 Å². The summed E-state index contributed by atoms with van der Waals surface area (Å²) in [4.78, 5) is 15.0. The minimum Gasteiger partial charge on any atom is -0.508 e. The quantitative estimate of drug-likeness (QED) is 0.219. The molecule has 10 nitrogen and oxygen atoms in total. The van der Waals surface area contributed by atoms with Gasteiger partial charge in [0.25, 0.3) is 0 Å². The summed E-state index contributed by atoms with van der Waals surface area (Å²) in [5.41, 5.74) is -6.77. The van der Waals surface area contributed by atoms with Crippen LogP contribution in [0.15, 0.2) is 23.8 Å². The number of fused-ring (bicyclic) bond motifs is 12. The van der Waals surface area contributed by atoms with E-state index in [1.165, 1.54) is 12.1 Å². The van der Waals surface area contributed by atoms with Gasteiger partial charge in [0.15, 0.2) is 5.78 Å². The lowest BCUT2D eigenvalue weighted by molar-refractivity contribution is -0.244. The van der Waals surface area contributed by atoms with E-state index in [1.807, 2.05) is 20.8 Å². The number of allylic oxidation sites excluding steroid dienone is 1. The van der Waals surface area contributed by atoms with Crippen LogP contribution in [0.5, 0.6) is 11.5 Å². The topological polar surface area (TPSA) is 188 Å². The van der Waals surface area contributed by atoms with Crippen LogP contribution in [0.3, 0.4) is 0 Å². The van der Waals surface area contributed by atoms with E-state index in [-0.39, 0.29) is 67.3 Å². The molecule has 0 radical (unpaired) electrons. The molecular weight excluding hydrogens is 676 g/mol. The normalized spacial score (nSPS) is 52.2. The van der Waals surface area contributed by atoms with Gasteiger partial charge in [0.1, 0.15) is 22.7 Å². The van der Waals surface area contributed by atoms with Crippen molar-refractivity contribution < 1.29 is 50.4 Å². The zero-order valence-electron chi connectivity index (χ0n) is 31.7. The van der Waals surface area contributed by atoms with Crippen molar-refractivity contribution in [3.8, 4) is 11.5 Å². The second-order valence-electron chi connectivity index (χ2n) is 20.0. The molecule has 1 heterocycles. The molecule has 1 aromatic carbocycles. The predicted octanol–water partition coefficient (Wildman–Crippen LogP) is 4.16. The molecule has 9 rings (SSSR count). The molecule has 292 valence electrons. The smallest absolute Gasteiger partial charge is 0.160 e. The van der Waals surface area contributed by atoms with Gasteiger partial charge in [-0.25, -0.2) is 0 Å². The van der Waals surface area contributed by atoms with E-state index in [4.69, 9.17) is 4.74 Å². The summed E-state index contributed by atoms with van der Waals surface area (Å²) in [6.45, 7) is 7.93. The molecule has 1 aromatic rings. The molecule has 15 unspecified atom stereocenters. The van der Waals surface area contributed by atoms with Crippen LogP contribution in [0.4, 0.5) is 0 Å². The number of aromatic hydroxyl groups is 2. The number of ketones is 1. The summed E-state index contributed by atoms with van der Waals surface area (Å²) in [6, 6.07) is 2.81. The van der Waals surface area contributed by atoms with Gasteiger partial charge in [-0.05, 0) is 102 Å². The van der Waals surface area contributed by atoms with Gasteiger partial charge in [-0.3, -0.25) is 4.79 Å². The largest absolute Gasteiger partial charge is 0.508 e. The number of phenolic OH excluding ortho intramolecular Hbond substituents is 2. The van der Waals surface area contributed by atoms with Crippen LogP contribution in [0, 0.1) is 45.8 Å². The van der Waals surface area contributed by atoms with Crippen LogP contribution in [-0.2, 0) is 16.0 Å². The van der Waals surface area contributed by atoms with Gasteiger partial charge in [0, 0.05) is 48.7 Å². The van der Waals surface area contributed by atoms with E-state index in [9.17, 15) is 40.9 Å². The maximum absolute atomic E-state index is 15.0. The van der Waals surface area contributed by atoms with Crippen molar-refractivity contribution in [2.45, 2.75) is 158 Å². The third-order valence-electron chi connectivity index (χ3n) is 17.8. The first-order valence-electron chi connectivity index (χ1n) is 20.5. The number of benzene rings is 1. The van der Waals surface area contributed by atoms with E-state index in [0.29, 0.717) is 36.0 Å². The van der Waals surface area contributed by atoms with Crippen LogP contribution in [0.25, 0.3) is 0 Å². The number of carbonyl (C=O) groups excluding carboxylic acids is 1. The number of phenols is 2. The Balaban J connectivity index is 1.22. The first-order valence-corrected chi connectivity index (χ1v) is 20.5. The second kappa shape index (κ2) is 11.3. The Morgan fingerprint density at radius 2 is 1.64 bits per heavy atom.